The maximum absolute atomic E-state index is 13.3. The first-order chi connectivity index (χ1) is 25.3. The molecule has 1 aliphatic rings. The summed E-state index contributed by atoms with van der Waals surface area (Å²) in [5.74, 6) is -4.74. The highest BCUT2D eigenvalue weighted by atomic mass is 16.7. The zero-order valence-corrected chi connectivity index (χ0v) is 31.8. The van der Waals surface area contributed by atoms with E-state index in [-0.39, 0.29) is 48.7 Å². The summed E-state index contributed by atoms with van der Waals surface area (Å²) in [5, 5.41) is 51.2. The quantitative estimate of drug-likeness (QED) is 0.0563. The van der Waals surface area contributed by atoms with Gasteiger partial charge in [-0.25, -0.2) is 4.79 Å². The summed E-state index contributed by atoms with van der Waals surface area (Å²) in [7, 11) is 0. The Morgan fingerprint density at radius 3 is 2.11 bits per heavy atom. The minimum absolute atomic E-state index is 0.0162. The van der Waals surface area contributed by atoms with Gasteiger partial charge in [0, 0.05) is 31.8 Å². The van der Waals surface area contributed by atoms with Gasteiger partial charge in [0.05, 0.1) is 24.8 Å². The van der Waals surface area contributed by atoms with E-state index in [2.05, 4.69) is 21.3 Å². The van der Waals surface area contributed by atoms with Crippen molar-refractivity contribution in [2.45, 2.75) is 111 Å². The van der Waals surface area contributed by atoms with Crippen LogP contribution in [0.25, 0.3) is 0 Å². The van der Waals surface area contributed by atoms with Gasteiger partial charge in [-0.2, -0.15) is 0 Å². The number of rotatable bonds is 22. The largest absolute Gasteiger partial charge is 0.479 e. The van der Waals surface area contributed by atoms with Gasteiger partial charge in [-0.15, -0.1) is 0 Å². The summed E-state index contributed by atoms with van der Waals surface area (Å²) >= 11 is 0. The highest BCUT2D eigenvalue weighted by molar-refractivity contribution is 5.99. The molecule has 1 aromatic rings. The number of esters is 1. The molecule has 18 heteroatoms. The average molecular weight is 769 g/mol. The first-order valence-electron chi connectivity index (χ1n) is 17.9. The number of aliphatic carboxylic acids is 1. The highest BCUT2D eigenvalue weighted by Crippen LogP contribution is 2.31. The van der Waals surface area contributed by atoms with Crippen molar-refractivity contribution < 1.29 is 68.1 Å². The number of ether oxygens (including phenoxy) is 4. The molecule has 1 heterocycles. The molecule has 1 fully saturated rings. The molecule has 18 nitrogen and oxygen atoms in total. The number of benzene rings is 1. The number of nitrogens with one attached hydrogen (secondary N) is 4. The number of carboxylic acids is 1. The predicted molar refractivity (Wildman–Crippen MR) is 192 cm³/mol. The van der Waals surface area contributed by atoms with E-state index in [1.54, 1.807) is 27.7 Å². The second-order valence-corrected chi connectivity index (χ2v) is 13.9. The van der Waals surface area contributed by atoms with Gasteiger partial charge in [0.25, 0.3) is 0 Å². The molecule has 0 aliphatic carbocycles. The van der Waals surface area contributed by atoms with Crippen LogP contribution in [0.15, 0.2) is 18.2 Å². The topological polar surface area (TPSA) is 268 Å². The first kappa shape index (κ1) is 46.0. The third kappa shape index (κ3) is 14.6. The molecule has 7 atom stereocenters. The summed E-state index contributed by atoms with van der Waals surface area (Å²) in [6.45, 7) is 13.1. The minimum atomic E-state index is -1.97. The second-order valence-electron chi connectivity index (χ2n) is 13.9. The Labute approximate surface area is 314 Å². The molecule has 0 aromatic heterocycles. The lowest BCUT2D eigenvalue weighted by Crippen LogP contribution is -2.61. The normalized spacial score (nSPS) is 20.9. The van der Waals surface area contributed by atoms with E-state index in [9.17, 15) is 49.2 Å². The van der Waals surface area contributed by atoms with E-state index in [4.69, 9.17) is 18.9 Å². The average Bonchev–Trinajstić information content (AvgIpc) is 3.10. The maximum atomic E-state index is 13.3. The zero-order valence-electron chi connectivity index (χ0n) is 31.8. The number of hydrogen-bond acceptors (Lipinski definition) is 14. The molecule has 1 aromatic carbocycles. The number of ketones is 1. The van der Waals surface area contributed by atoms with Crippen molar-refractivity contribution in [2.24, 2.45) is 17.8 Å². The van der Waals surface area contributed by atoms with Crippen LogP contribution in [0, 0.1) is 17.8 Å². The highest BCUT2D eigenvalue weighted by Gasteiger charge is 2.48. The Morgan fingerprint density at radius 2 is 1.50 bits per heavy atom. The van der Waals surface area contributed by atoms with Crippen molar-refractivity contribution in [1.82, 2.24) is 16.0 Å². The SMILES string of the molecule is CC(C)C(=O)CCNCCOCCC(=O)N[C@H](C(=O)N[C@@H](C)C(=O)Nc1ccc(COC(=O)C(C)C)cc1O[C@@H]1O[C@H](C(=O)O)[C@@H](O)[C@H](O)[C@H]1O)C(C)C. The number of hydrogen-bond donors (Lipinski definition) is 8. The molecular formula is C36H56N4O14. The smallest absolute Gasteiger partial charge is 0.335 e. The third-order valence-electron chi connectivity index (χ3n) is 8.32. The molecule has 1 aliphatic heterocycles. The Hall–Kier alpha value is -4.20. The molecule has 1 saturated heterocycles. The summed E-state index contributed by atoms with van der Waals surface area (Å²) in [6, 6.07) is 2.05. The fourth-order valence-corrected chi connectivity index (χ4v) is 4.88. The number of aliphatic hydroxyl groups excluding tert-OH is 3. The van der Waals surface area contributed by atoms with Crippen LogP contribution in [0.2, 0.25) is 0 Å². The number of carbonyl (C=O) groups excluding carboxylic acids is 5. The van der Waals surface area contributed by atoms with Crippen LogP contribution in [0.4, 0.5) is 5.69 Å². The molecule has 0 bridgehead atoms. The minimum Gasteiger partial charge on any atom is -0.479 e. The van der Waals surface area contributed by atoms with Gasteiger partial charge in [-0.1, -0.05) is 47.6 Å². The van der Waals surface area contributed by atoms with E-state index in [1.807, 2.05) is 13.8 Å². The van der Waals surface area contributed by atoms with Crippen LogP contribution in [0.3, 0.4) is 0 Å². The van der Waals surface area contributed by atoms with E-state index < -0.39 is 78.4 Å². The Morgan fingerprint density at radius 1 is 0.815 bits per heavy atom. The molecule has 0 saturated carbocycles. The Kier molecular flexibility index (Phi) is 18.9. The summed E-state index contributed by atoms with van der Waals surface area (Å²) < 4.78 is 21.7. The van der Waals surface area contributed by atoms with E-state index >= 15 is 0 Å². The van der Waals surface area contributed by atoms with Crippen LogP contribution >= 0.6 is 0 Å². The van der Waals surface area contributed by atoms with Crippen LogP contribution in [-0.4, -0.2) is 125 Å². The standard InChI is InChI=1S/C36H56N4O14/c1-18(2)24(41)10-12-37-13-15-51-14-11-26(42)40-27(19(3)4)33(47)38-21(7)32(46)39-23-9-8-22(17-52-35(50)20(5)6)16-25(23)53-36-30(45)28(43)29(44)31(54-36)34(48)49/h8-9,16,18-21,27-31,36-37,43-45H,10-15,17H2,1-7H3,(H,38,47)(H,39,46)(H,40,42)(H,48,49)/t21-,27-,28-,29-,30+,31-,36+/m0/s1. The van der Waals surface area contributed by atoms with Crippen molar-refractivity contribution in [3.63, 3.8) is 0 Å². The molecule has 0 radical (unpaired) electrons. The lowest BCUT2D eigenvalue weighted by Gasteiger charge is -2.38. The lowest BCUT2D eigenvalue weighted by atomic mass is 9.99. The molecule has 2 rings (SSSR count). The molecular weight excluding hydrogens is 712 g/mol. The number of carbonyl (C=O) groups is 6. The second kappa shape index (κ2) is 22.2. The van der Waals surface area contributed by atoms with Crippen LogP contribution in [0.1, 0.15) is 66.9 Å². The Bertz CT molecular complexity index is 1440. The van der Waals surface area contributed by atoms with Gasteiger partial charge in [0.15, 0.2) is 6.10 Å². The van der Waals surface area contributed by atoms with Gasteiger partial charge in [-0.3, -0.25) is 24.0 Å². The fraction of sp³-hybridized carbons (Fsp3) is 0.667. The molecule has 54 heavy (non-hydrogen) atoms. The fourth-order valence-electron chi connectivity index (χ4n) is 4.88. The number of Topliss-reactive ketones (excluding diaryl/α,β-unsaturated/α-hetero) is 1. The van der Waals surface area contributed by atoms with Gasteiger partial charge < -0.3 is 60.6 Å². The van der Waals surface area contributed by atoms with Gasteiger partial charge >= 0.3 is 11.9 Å². The van der Waals surface area contributed by atoms with E-state index in [0.29, 0.717) is 31.7 Å². The van der Waals surface area contributed by atoms with Crippen LogP contribution in [0.5, 0.6) is 5.75 Å². The van der Waals surface area contributed by atoms with Crippen LogP contribution < -0.4 is 26.0 Å². The molecule has 0 spiro atoms. The van der Waals surface area contributed by atoms with Gasteiger partial charge in [0.1, 0.15) is 48.5 Å². The van der Waals surface area contributed by atoms with Gasteiger partial charge in [-0.05, 0) is 30.5 Å². The summed E-state index contributed by atoms with van der Waals surface area (Å²) in [4.78, 5) is 74.5. The van der Waals surface area contributed by atoms with E-state index in [0.717, 1.165) is 0 Å². The van der Waals surface area contributed by atoms with Crippen molar-refractivity contribution in [2.75, 3.05) is 31.6 Å². The van der Waals surface area contributed by atoms with Crippen LogP contribution in [-0.2, 0) is 49.6 Å². The molecule has 8 N–H and O–H groups in total. The predicted octanol–water partition coefficient (Wildman–Crippen LogP) is -0.148. The molecule has 3 amide bonds. The van der Waals surface area contributed by atoms with Crippen molar-refractivity contribution in [1.29, 1.82) is 0 Å². The van der Waals surface area contributed by atoms with E-state index in [1.165, 1.54) is 25.1 Å². The number of amides is 3. The third-order valence-corrected chi connectivity index (χ3v) is 8.32. The molecule has 0 unspecified atom stereocenters. The van der Waals surface area contributed by atoms with Crippen molar-refractivity contribution in [3.05, 3.63) is 23.8 Å². The monoisotopic (exact) mass is 768 g/mol. The summed E-state index contributed by atoms with van der Waals surface area (Å²) in [5.41, 5.74) is 0.336. The van der Waals surface area contributed by atoms with Crippen molar-refractivity contribution >= 4 is 41.1 Å². The number of carboxylic acid groups (broad SMARTS) is 1. The Balaban J connectivity index is 2.06. The first-order valence-corrected chi connectivity index (χ1v) is 17.9. The maximum Gasteiger partial charge on any atom is 0.335 e. The van der Waals surface area contributed by atoms with Gasteiger partial charge in [0.2, 0.25) is 24.0 Å². The molecule has 304 valence electrons. The number of anilines is 1. The van der Waals surface area contributed by atoms with Crippen molar-refractivity contribution in [3.8, 4) is 5.75 Å². The lowest BCUT2D eigenvalue weighted by molar-refractivity contribution is -0.271. The summed E-state index contributed by atoms with van der Waals surface area (Å²) in [6.07, 6.45) is -9.22. The zero-order chi connectivity index (χ0) is 40.7. The number of aliphatic hydroxyl groups is 3.